The van der Waals surface area contributed by atoms with E-state index in [9.17, 15) is 0 Å². The van der Waals surface area contributed by atoms with Crippen LogP contribution in [-0.4, -0.2) is 14.8 Å². The summed E-state index contributed by atoms with van der Waals surface area (Å²) in [7, 11) is 0. The molecule has 17 heavy (non-hydrogen) atoms. The van der Waals surface area contributed by atoms with Gasteiger partial charge < -0.3 is 0 Å². The number of hydrogen-bond donors (Lipinski definition) is 0. The molecule has 0 aliphatic heterocycles. The van der Waals surface area contributed by atoms with E-state index >= 15 is 0 Å². The van der Waals surface area contributed by atoms with Gasteiger partial charge in [0.15, 0.2) is 0 Å². The minimum atomic E-state index is 1.07. The Balaban J connectivity index is 0.000000514. The van der Waals surface area contributed by atoms with Gasteiger partial charge >= 0.3 is 0 Å². The highest BCUT2D eigenvalue weighted by Gasteiger charge is 2.15. The fourth-order valence-corrected chi connectivity index (χ4v) is 2.19. The molecule has 0 amide bonds. The Morgan fingerprint density at radius 3 is 2.71 bits per heavy atom. The van der Waals surface area contributed by atoms with Crippen molar-refractivity contribution in [1.82, 2.24) is 14.8 Å². The fraction of sp³-hybridized carbons (Fsp3) is 0.429. The second-order valence-corrected chi connectivity index (χ2v) is 3.95. The van der Waals surface area contributed by atoms with Crippen LogP contribution in [0.4, 0.5) is 0 Å². The lowest BCUT2D eigenvalue weighted by molar-refractivity contribution is 0.653. The van der Waals surface area contributed by atoms with Crippen molar-refractivity contribution < 1.29 is 0 Å². The van der Waals surface area contributed by atoms with Crippen LogP contribution in [0.25, 0.3) is 5.69 Å². The van der Waals surface area contributed by atoms with Gasteiger partial charge in [-0.2, -0.15) is 5.10 Å². The molecule has 0 radical (unpaired) electrons. The van der Waals surface area contributed by atoms with E-state index in [0.29, 0.717) is 0 Å². The van der Waals surface area contributed by atoms with Gasteiger partial charge in [-0.25, -0.2) is 4.68 Å². The molecular formula is C14H19N3. The summed E-state index contributed by atoms with van der Waals surface area (Å²) in [4.78, 5) is 4.13. The molecule has 0 fully saturated rings. The molecule has 0 spiro atoms. The van der Waals surface area contributed by atoms with Crippen LogP contribution in [0.1, 0.15) is 37.9 Å². The smallest absolute Gasteiger partial charge is 0.0832 e. The fourth-order valence-electron chi connectivity index (χ4n) is 2.19. The number of aromatic nitrogens is 3. The van der Waals surface area contributed by atoms with Crippen molar-refractivity contribution in [2.75, 3.05) is 0 Å². The molecule has 3 nitrogen and oxygen atoms in total. The van der Waals surface area contributed by atoms with Gasteiger partial charge in [0.1, 0.15) is 0 Å². The summed E-state index contributed by atoms with van der Waals surface area (Å²) in [6.45, 7) is 4.00. The first-order valence-electron chi connectivity index (χ1n) is 6.41. The van der Waals surface area contributed by atoms with E-state index in [-0.39, 0.29) is 0 Å². The topological polar surface area (TPSA) is 30.7 Å². The molecule has 0 saturated carbocycles. The number of aryl methyl sites for hydroxylation is 1. The number of rotatable bonds is 1. The minimum absolute atomic E-state index is 1.07. The van der Waals surface area contributed by atoms with Crippen LogP contribution >= 0.6 is 0 Å². The van der Waals surface area contributed by atoms with E-state index < -0.39 is 0 Å². The summed E-state index contributed by atoms with van der Waals surface area (Å²) in [5.74, 6) is 0. The first kappa shape index (κ1) is 11.8. The molecule has 0 saturated heterocycles. The SMILES string of the molecule is CC.c1cncc(-n2ncc3c2CCCC3)c1. The van der Waals surface area contributed by atoms with Crippen molar-refractivity contribution in [2.45, 2.75) is 39.5 Å². The molecule has 0 bridgehead atoms. The van der Waals surface area contributed by atoms with E-state index in [4.69, 9.17) is 0 Å². The van der Waals surface area contributed by atoms with Crippen LogP contribution in [0.3, 0.4) is 0 Å². The van der Waals surface area contributed by atoms with E-state index in [2.05, 4.69) is 16.1 Å². The molecule has 2 aromatic rings. The molecule has 1 aliphatic carbocycles. The van der Waals surface area contributed by atoms with Gasteiger partial charge in [0.25, 0.3) is 0 Å². The third kappa shape index (κ3) is 2.38. The van der Waals surface area contributed by atoms with Gasteiger partial charge in [0, 0.05) is 11.9 Å². The third-order valence-corrected chi connectivity index (χ3v) is 2.96. The summed E-state index contributed by atoms with van der Waals surface area (Å²) in [6, 6.07) is 4.00. The van der Waals surface area contributed by atoms with Crippen LogP contribution < -0.4 is 0 Å². The van der Waals surface area contributed by atoms with Crippen LogP contribution in [0, 0.1) is 0 Å². The third-order valence-electron chi connectivity index (χ3n) is 2.96. The summed E-state index contributed by atoms with van der Waals surface area (Å²) < 4.78 is 2.03. The first-order chi connectivity index (χ1) is 8.45. The lowest BCUT2D eigenvalue weighted by atomic mass is 9.98. The number of fused-ring (bicyclic) bond motifs is 1. The monoisotopic (exact) mass is 229 g/mol. The highest BCUT2D eigenvalue weighted by atomic mass is 15.3. The second kappa shape index (κ2) is 5.62. The maximum Gasteiger partial charge on any atom is 0.0832 e. The van der Waals surface area contributed by atoms with Crippen molar-refractivity contribution in [3.8, 4) is 5.69 Å². The number of nitrogens with zero attached hydrogens (tertiary/aromatic N) is 3. The van der Waals surface area contributed by atoms with Crippen LogP contribution in [0.2, 0.25) is 0 Å². The normalized spacial score (nSPS) is 13.5. The van der Waals surface area contributed by atoms with E-state index in [1.807, 2.05) is 37.0 Å². The van der Waals surface area contributed by atoms with Crippen molar-refractivity contribution in [3.63, 3.8) is 0 Å². The highest BCUT2D eigenvalue weighted by Crippen LogP contribution is 2.22. The lowest BCUT2D eigenvalue weighted by Crippen LogP contribution is -2.07. The number of hydrogen-bond acceptors (Lipinski definition) is 2. The Labute approximate surface area is 103 Å². The van der Waals surface area contributed by atoms with Gasteiger partial charge in [0.05, 0.1) is 18.1 Å². The van der Waals surface area contributed by atoms with Crippen LogP contribution in [0.5, 0.6) is 0 Å². The zero-order valence-corrected chi connectivity index (χ0v) is 10.6. The van der Waals surface area contributed by atoms with Gasteiger partial charge in [-0.05, 0) is 43.4 Å². The van der Waals surface area contributed by atoms with Crippen molar-refractivity contribution in [3.05, 3.63) is 42.0 Å². The Morgan fingerprint density at radius 2 is 1.94 bits per heavy atom. The summed E-state index contributed by atoms with van der Waals surface area (Å²) in [5, 5.41) is 4.44. The van der Waals surface area contributed by atoms with Crippen LogP contribution in [-0.2, 0) is 12.8 Å². The molecule has 0 atom stereocenters. The second-order valence-electron chi connectivity index (χ2n) is 3.95. The standard InChI is InChI=1S/C12H13N3.C2H6/c1-2-6-12-10(4-1)8-14-15(12)11-5-3-7-13-9-11;1-2/h3,5,7-9H,1-2,4,6H2;1-2H3. The quantitative estimate of drug-likeness (QED) is 0.752. The molecule has 2 heterocycles. The van der Waals surface area contributed by atoms with Crippen molar-refractivity contribution in [1.29, 1.82) is 0 Å². The van der Waals surface area contributed by atoms with E-state index in [1.54, 1.807) is 6.20 Å². The Kier molecular flexibility index (Phi) is 3.91. The summed E-state index contributed by atoms with van der Waals surface area (Å²) >= 11 is 0. The van der Waals surface area contributed by atoms with Crippen LogP contribution in [0.15, 0.2) is 30.7 Å². The lowest BCUT2D eigenvalue weighted by Gasteiger charge is -2.13. The summed E-state index contributed by atoms with van der Waals surface area (Å²) in [5.41, 5.74) is 3.85. The minimum Gasteiger partial charge on any atom is -0.262 e. The maximum atomic E-state index is 4.44. The molecule has 0 N–H and O–H groups in total. The number of pyridine rings is 1. The Hall–Kier alpha value is -1.64. The zero-order valence-electron chi connectivity index (χ0n) is 10.6. The Morgan fingerprint density at radius 1 is 1.12 bits per heavy atom. The van der Waals surface area contributed by atoms with Gasteiger partial charge in [-0.1, -0.05) is 13.8 Å². The predicted octanol–water partition coefficient (Wildman–Crippen LogP) is 3.17. The maximum absolute atomic E-state index is 4.44. The average molecular weight is 229 g/mol. The molecule has 3 heteroatoms. The van der Waals surface area contributed by atoms with Crippen molar-refractivity contribution in [2.24, 2.45) is 0 Å². The Bertz CT molecular complexity index is 460. The molecule has 0 unspecified atom stereocenters. The zero-order chi connectivity index (χ0) is 12.1. The first-order valence-corrected chi connectivity index (χ1v) is 6.41. The predicted molar refractivity (Wildman–Crippen MR) is 69.3 cm³/mol. The van der Waals surface area contributed by atoms with E-state index in [1.165, 1.54) is 30.5 Å². The average Bonchev–Trinajstić information content (AvgIpc) is 2.86. The van der Waals surface area contributed by atoms with Gasteiger partial charge in [-0.3, -0.25) is 4.98 Å². The highest BCUT2D eigenvalue weighted by molar-refractivity contribution is 5.33. The largest absolute Gasteiger partial charge is 0.262 e. The molecule has 90 valence electrons. The van der Waals surface area contributed by atoms with E-state index in [0.717, 1.165) is 12.1 Å². The van der Waals surface area contributed by atoms with Crippen molar-refractivity contribution >= 4 is 0 Å². The molecule has 1 aliphatic rings. The van der Waals surface area contributed by atoms with Gasteiger partial charge in [-0.15, -0.1) is 0 Å². The molecule has 3 rings (SSSR count). The molecular weight excluding hydrogens is 210 g/mol. The van der Waals surface area contributed by atoms with Gasteiger partial charge in [0.2, 0.25) is 0 Å². The molecule has 2 aromatic heterocycles. The molecule has 0 aromatic carbocycles. The summed E-state index contributed by atoms with van der Waals surface area (Å²) in [6.07, 6.45) is 10.5.